The number of halogens is 6. The van der Waals surface area contributed by atoms with Crippen LogP contribution in [0.3, 0.4) is 0 Å². The number of alkyl halides is 4. The Labute approximate surface area is 135 Å². The van der Waals surface area contributed by atoms with Gasteiger partial charge < -0.3 is 0 Å². The zero-order valence-electron chi connectivity index (χ0n) is 8.94. The van der Waals surface area contributed by atoms with Gasteiger partial charge in [0.25, 0.3) is 0 Å². The van der Waals surface area contributed by atoms with E-state index in [1.165, 1.54) is 0 Å². The van der Waals surface area contributed by atoms with Crippen molar-refractivity contribution in [2.75, 3.05) is 0 Å². The van der Waals surface area contributed by atoms with Crippen LogP contribution in [0.25, 0.3) is 0 Å². The fourth-order valence-electron chi connectivity index (χ4n) is 4.48. The third-order valence-corrected chi connectivity index (χ3v) is 9.42. The van der Waals surface area contributed by atoms with Gasteiger partial charge in [-0.05, 0) is 30.1 Å². The predicted octanol–water partition coefficient (Wildman–Crippen LogP) is 5.27. The van der Waals surface area contributed by atoms with Gasteiger partial charge in [-0.2, -0.15) is 0 Å². The van der Waals surface area contributed by atoms with Crippen LogP contribution in [-0.2, 0) is 0 Å². The van der Waals surface area contributed by atoms with E-state index in [9.17, 15) is 0 Å². The molecule has 4 rings (SSSR count). The normalized spacial score (nSPS) is 58.8. The van der Waals surface area contributed by atoms with Crippen molar-refractivity contribution < 1.29 is 0 Å². The summed E-state index contributed by atoms with van der Waals surface area (Å²) < 4.78 is -1.37. The first-order valence-corrected chi connectivity index (χ1v) is 8.05. The molecule has 0 unspecified atom stereocenters. The molecular weight excluding hydrogens is 357 g/mol. The van der Waals surface area contributed by atoms with Gasteiger partial charge in [0.05, 0.1) is 10.1 Å². The molecule has 0 N–H and O–H groups in total. The second-order valence-corrected chi connectivity index (χ2v) is 8.90. The highest BCUT2D eigenvalue weighted by Gasteiger charge is 2.85. The number of rotatable bonds is 0. The van der Waals surface area contributed by atoms with Crippen molar-refractivity contribution in [3.05, 3.63) is 22.2 Å². The van der Waals surface area contributed by atoms with Gasteiger partial charge in [-0.3, -0.25) is 0 Å². The van der Waals surface area contributed by atoms with E-state index in [1.54, 1.807) is 0 Å². The Morgan fingerprint density at radius 1 is 0.833 bits per heavy atom. The van der Waals surface area contributed by atoms with Crippen LogP contribution in [-0.4, -0.2) is 14.1 Å². The van der Waals surface area contributed by atoms with Gasteiger partial charge in [0, 0.05) is 0 Å². The molecule has 0 aliphatic heterocycles. The Morgan fingerprint density at radius 3 is 1.61 bits per heavy atom. The Kier molecular flexibility index (Phi) is 2.40. The molecule has 6 heteroatoms. The maximum Gasteiger partial charge on any atom is 0.166 e. The number of allylic oxidation sites excluding steroid dienone is 4. The first kappa shape index (κ1) is 12.9. The summed E-state index contributed by atoms with van der Waals surface area (Å²) in [6, 6.07) is 0. The monoisotopic (exact) mass is 362 g/mol. The van der Waals surface area contributed by atoms with Crippen LogP contribution in [0.5, 0.6) is 0 Å². The van der Waals surface area contributed by atoms with Crippen LogP contribution < -0.4 is 0 Å². The molecule has 0 radical (unpaired) electrons. The number of fused-ring (bicyclic) bond motifs is 9. The molecule has 6 atom stereocenters. The SMILES string of the molecule is ClC1=C(Cl)[C@@]2(Cl)[C@H]3[C@H]([C@H]4C=C[C@H]3C4)[C@@]1(Cl)C2(Cl)Cl. The van der Waals surface area contributed by atoms with Crippen LogP contribution >= 0.6 is 69.6 Å². The second kappa shape index (κ2) is 3.34. The topological polar surface area (TPSA) is 0 Å². The molecule has 0 aromatic heterocycles. The molecule has 2 saturated carbocycles. The van der Waals surface area contributed by atoms with Crippen molar-refractivity contribution in [1.82, 2.24) is 0 Å². The molecule has 18 heavy (non-hydrogen) atoms. The highest BCUT2D eigenvalue weighted by Crippen LogP contribution is 2.81. The van der Waals surface area contributed by atoms with Gasteiger partial charge >= 0.3 is 0 Å². The minimum Gasteiger partial charge on any atom is -0.109 e. The molecule has 4 aliphatic rings. The molecule has 0 heterocycles. The van der Waals surface area contributed by atoms with E-state index < -0.39 is 14.1 Å². The van der Waals surface area contributed by atoms with E-state index in [0.29, 0.717) is 21.9 Å². The van der Waals surface area contributed by atoms with Crippen LogP contribution in [0.15, 0.2) is 22.2 Å². The summed E-state index contributed by atoms with van der Waals surface area (Å²) in [5.74, 6) is 0.815. The largest absolute Gasteiger partial charge is 0.166 e. The summed E-state index contributed by atoms with van der Waals surface area (Å²) in [5.41, 5.74) is 0. The molecule has 2 fully saturated rings. The highest BCUT2D eigenvalue weighted by atomic mass is 35.5. The van der Waals surface area contributed by atoms with Gasteiger partial charge in [-0.25, -0.2) is 0 Å². The Hall–Kier alpha value is 1.22. The third kappa shape index (κ3) is 0.973. The number of hydrogen-bond acceptors (Lipinski definition) is 0. The molecule has 0 aromatic carbocycles. The van der Waals surface area contributed by atoms with Gasteiger partial charge in [-0.15, -0.1) is 23.2 Å². The lowest BCUT2D eigenvalue weighted by atomic mass is 9.75. The third-order valence-electron chi connectivity index (χ3n) is 5.12. The van der Waals surface area contributed by atoms with Gasteiger partial charge in [0.1, 0.15) is 9.75 Å². The fraction of sp³-hybridized carbons (Fsp3) is 0.667. The second-order valence-electron chi connectivity index (χ2n) is 5.63. The summed E-state index contributed by atoms with van der Waals surface area (Å²) in [7, 11) is 0. The molecule has 4 aliphatic carbocycles. The van der Waals surface area contributed by atoms with Crippen LogP contribution in [0.4, 0.5) is 0 Å². The average Bonchev–Trinajstić information content (AvgIpc) is 2.97. The first-order chi connectivity index (χ1) is 8.28. The van der Waals surface area contributed by atoms with Crippen molar-refractivity contribution in [2.45, 2.75) is 20.5 Å². The fourth-order valence-corrected chi connectivity index (χ4v) is 7.61. The summed E-state index contributed by atoms with van der Waals surface area (Å²) in [4.78, 5) is -2.13. The lowest BCUT2D eigenvalue weighted by Crippen LogP contribution is -2.46. The van der Waals surface area contributed by atoms with Crippen molar-refractivity contribution in [1.29, 1.82) is 0 Å². The highest BCUT2D eigenvalue weighted by molar-refractivity contribution is 6.65. The lowest BCUT2D eigenvalue weighted by Gasteiger charge is -2.37. The summed E-state index contributed by atoms with van der Waals surface area (Å²) in [5, 5.41) is 0.654. The zero-order chi connectivity index (χ0) is 13.1. The Bertz CT molecular complexity index is 481. The molecule has 0 amide bonds. The van der Waals surface area contributed by atoms with Gasteiger partial charge in [0.15, 0.2) is 4.33 Å². The molecule has 0 nitrogen and oxygen atoms in total. The van der Waals surface area contributed by atoms with E-state index in [-0.39, 0.29) is 11.8 Å². The van der Waals surface area contributed by atoms with Gasteiger partial charge in [0.2, 0.25) is 0 Å². The van der Waals surface area contributed by atoms with Crippen molar-refractivity contribution in [2.24, 2.45) is 23.7 Å². The van der Waals surface area contributed by atoms with Crippen molar-refractivity contribution >= 4 is 69.6 Å². The summed E-state index contributed by atoms with van der Waals surface area (Å²) in [6.07, 6.45) is 5.40. The molecule has 98 valence electrons. The van der Waals surface area contributed by atoms with Gasteiger partial charge in [-0.1, -0.05) is 58.6 Å². The predicted molar refractivity (Wildman–Crippen MR) is 78.1 cm³/mol. The van der Waals surface area contributed by atoms with Crippen LogP contribution in [0.2, 0.25) is 0 Å². The molecule has 0 spiro atoms. The van der Waals surface area contributed by atoms with Crippen LogP contribution in [0, 0.1) is 23.7 Å². The maximum atomic E-state index is 6.76. The average molecular weight is 365 g/mol. The molecule has 0 saturated heterocycles. The zero-order valence-corrected chi connectivity index (χ0v) is 13.5. The standard InChI is InChI=1S/C12H8Cl6/c13-8-9(14)11(16)7-5-2-1-4(3-5)6(7)10(8,15)12(11,17)18/h1-2,4-7H,3H2/t4-,5-,6-,7+,10-,11-/m0/s1. The number of hydrogen-bond donors (Lipinski definition) is 0. The molecule has 4 bridgehead atoms. The van der Waals surface area contributed by atoms with E-state index >= 15 is 0 Å². The molecule has 0 aromatic rings. The summed E-state index contributed by atoms with van der Waals surface area (Å²) >= 11 is 39.2. The summed E-state index contributed by atoms with van der Waals surface area (Å²) in [6.45, 7) is 0. The van der Waals surface area contributed by atoms with Crippen LogP contribution in [0.1, 0.15) is 6.42 Å². The van der Waals surface area contributed by atoms with E-state index in [0.717, 1.165) is 6.42 Å². The van der Waals surface area contributed by atoms with Crippen molar-refractivity contribution in [3.8, 4) is 0 Å². The Balaban J connectivity index is 2.03. The minimum atomic E-state index is -1.37. The lowest BCUT2D eigenvalue weighted by molar-refractivity contribution is 0.305. The van der Waals surface area contributed by atoms with E-state index in [1.807, 2.05) is 0 Å². The first-order valence-electron chi connectivity index (χ1n) is 5.78. The van der Waals surface area contributed by atoms with Crippen molar-refractivity contribution in [3.63, 3.8) is 0 Å². The van der Waals surface area contributed by atoms with E-state index in [2.05, 4.69) is 12.2 Å². The Morgan fingerprint density at radius 2 is 1.22 bits per heavy atom. The minimum absolute atomic E-state index is 0.0664. The maximum absolute atomic E-state index is 6.76. The molecular formula is C12H8Cl6. The van der Waals surface area contributed by atoms with E-state index in [4.69, 9.17) is 69.6 Å². The smallest absolute Gasteiger partial charge is 0.109 e. The quantitative estimate of drug-likeness (QED) is 0.312.